The topological polar surface area (TPSA) is 140 Å². The van der Waals surface area contributed by atoms with E-state index in [9.17, 15) is 14.9 Å². The number of thioether (sulfide) groups is 1. The van der Waals surface area contributed by atoms with Crippen LogP contribution in [-0.4, -0.2) is 41.7 Å². The van der Waals surface area contributed by atoms with Gasteiger partial charge in [0.05, 0.1) is 16.4 Å². The number of amides is 1. The molecule has 2 aromatic carbocycles. The number of nitrogens with one attached hydrogen (secondary N) is 2. The zero-order valence-corrected chi connectivity index (χ0v) is 17.8. The van der Waals surface area contributed by atoms with Gasteiger partial charge in [0.25, 0.3) is 5.69 Å². The Labute approximate surface area is 188 Å². The summed E-state index contributed by atoms with van der Waals surface area (Å²) < 4.78 is 0. The van der Waals surface area contributed by atoms with Gasteiger partial charge in [-0.3, -0.25) is 14.9 Å². The largest absolute Gasteiger partial charge is 0.338 e. The molecule has 0 bridgehead atoms. The molecule has 5 aromatic rings. The summed E-state index contributed by atoms with van der Waals surface area (Å²) in [5.74, 6) is -0.186. The number of carbonyl (C=O) groups excluding carboxylic acids is 1. The number of thiazole rings is 1. The monoisotopic (exact) mass is 463 g/mol. The first-order valence-electron chi connectivity index (χ1n) is 9.31. The van der Waals surface area contributed by atoms with Gasteiger partial charge in [0.15, 0.2) is 10.8 Å². The van der Waals surface area contributed by atoms with Crippen molar-refractivity contribution in [2.75, 3.05) is 11.1 Å². The molecule has 0 spiro atoms. The molecule has 1 amide bonds. The molecule has 2 N–H and O–H groups in total. The fourth-order valence-electron chi connectivity index (χ4n) is 3.09. The second-order valence-electron chi connectivity index (χ2n) is 6.64. The van der Waals surface area contributed by atoms with E-state index < -0.39 is 4.92 Å². The number of hydrogen-bond acceptors (Lipinski definition) is 9. The quantitative estimate of drug-likeness (QED) is 0.216. The summed E-state index contributed by atoms with van der Waals surface area (Å²) >= 11 is 2.41. The molecule has 3 aromatic heterocycles. The second-order valence-corrected chi connectivity index (χ2v) is 8.44. The minimum Gasteiger partial charge on any atom is -0.338 e. The Morgan fingerprint density at radius 2 is 2.03 bits per heavy atom. The average Bonchev–Trinajstić information content (AvgIpc) is 3.42. The molecule has 5 rings (SSSR count). The normalized spacial score (nSPS) is 11.1. The molecule has 0 fully saturated rings. The van der Waals surface area contributed by atoms with Crippen LogP contribution in [0.15, 0.2) is 59.1 Å². The molecule has 0 saturated heterocycles. The highest BCUT2D eigenvalue weighted by atomic mass is 32.2. The molecular formula is C20H13N7O3S2. The number of nitro groups is 1. The molecule has 0 radical (unpaired) electrons. The maximum atomic E-state index is 12.3. The molecule has 0 aliphatic carbocycles. The summed E-state index contributed by atoms with van der Waals surface area (Å²) in [5.41, 5.74) is 3.37. The highest BCUT2D eigenvalue weighted by Gasteiger charge is 2.13. The van der Waals surface area contributed by atoms with Crippen LogP contribution >= 0.6 is 23.1 Å². The Morgan fingerprint density at radius 3 is 2.91 bits per heavy atom. The van der Waals surface area contributed by atoms with Gasteiger partial charge < -0.3 is 10.3 Å². The number of hydrogen-bond donors (Lipinski definition) is 2. The van der Waals surface area contributed by atoms with E-state index in [-0.39, 0.29) is 17.3 Å². The van der Waals surface area contributed by atoms with Crippen LogP contribution in [0.1, 0.15) is 0 Å². The van der Waals surface area contributed by atoms with Gasteiger partial charge in [-0.2, -0.15) is 0 Å². The van der Waals surface area contributed by atoms with Crippen molar-refractivity contribution in [3.05, 3.63) is 64.0 Å². The number of anilines is 1. The van der Waals surface area contributed by atoms with Crippen LogP contribution in [0.5, 0.6) is 0 Å². The van der Waals surface area contributed by atoms with E-state index in [1.165, 1.54) is 35.2 Å². The molecule has 158 valence electrons. The van der Waals surface area contributed by atoms with Crippen LogP contribution in [0, 0.1) is 10.1 Å². The lowest BCUT2D eigenvalue weighted by Gasteiger charge is -2.01. The van der Waals surface area contributed by atoms with Gasteiger partial charge in [0.1, 0.15) is 5.52 Å². The first kappa shape index (κ1) is 20.0. The van der Waals surface area contributed by atoms with Gasteiger partial charge in [-0.25, -0.2) is 9.97 Å². The van der Waals surface area contributed by atoms with Crippen LogP contribution in [0.2, 0.25) is 0 Å². The van der Waals surface area contributed by atoms with Gasteiger partial charge in [-0.15, -0.1) is 21.5 Å². The van der Waals surface area contributed by atoms with E-state index in [1.54, 1.807) is 17.5 Å². The first-order chi connectivity index (χ1) is 15.6. The fraction of sp³-hybridized carbons (Fsp3) is 0.0500. The average molecular weight is 464 g/mol. The molecule has 32 heavy (non-hydrogen) atoms. The molecule has 0 atom stereocenters. The highest BCUT2D eigenvalue weighted by molar-refractivity contribution is 7.99. The number of nitro benzene ring substituents is 1. The summed E-state index contributed by atoms with van der Waals surface area (Å²) in [6.45, 7) is 0. The zero-order valence-electron chi connectivity index (χ0n) is 16.2. The van der Waals surface area contributed by atoms with E-state index in [4.69, 9.17) is 0 Å². The lowest BCUT2D eigenvalue weighted by Crippen LogP contribution is -2.14. The lowest BCUT2D eigenvalue weighted by molar-refractivity contribution is -0.384. The molecule has 0 aliphatic heterocycles. The number of non-ortho nitro benzene ring substituents is 1. The van der Waals surface area contributed by atoms with Gasteiger partial charge in [0.2, 0.25) is 11.1 Å². The fourth-order valence-corrected chi connectivity index (χ4v) is 4.42. The van der Waals surface area contributed by atoms with Crippen molar-refractivity contribution in [3.8, 4) is 11.3 Å². The van der Waals surface area contributed by atoms with E-state index in [0.717, 1.165) is 10.9 Å². The number of aromatic nitrogens is 5. The minimum atomic E-state index is -0.458. The number of aromatic amines is 1. The predicted molar refractivity (Wildman–Crippen MR) is 123 cm³/mol. The summed E-state index contributed by atoms with van der Waals surface area (Å²) in [5, 5.41) is 25.5. The van der Waals surface area contributed by atoms with Crippen molar-refractivity contribution in [2.45, 2.75) is 5.16 Å². The Morgan fingerprint density at radius 1 is 1.16 bits per heavy atom. The molecule has 12 heteroatoms. The second kappa shape index (κ2) is 8.32. The van der Waals surface area contributed by atoms with E-state index in [1.807, 2.05) is 24.3 Å². The summed E-state index contributed by atoms with van der Waals surface area (Å²) in [6, 6.07) is 13.9. The highest BCUT2D eigenvalue weighted by Crippen LogP contribution is 2.28. The van der Waals surface area contributed by atoms with Crippen molar-refractivity contribution < 1.29 is 9.72 Å². The first-order valence-corrected chi connectivity index (χ1v) is 11.2. The van der Waals surface area contributed by atoms with Gasteiger partial charge in [-0.1, -0.05) is 42.1 Å². The Kier molecular flexibility index (Phi) is 5.21. The lowest BCUT2D eigenvalue weighted by atomic mass is 10.1. The predicted octanol–water partition coefficient (Wildman–Crippen LogP) is 4.27. The van der Waals surface area contributed by atoms with E-state index >= 15 is 0 Å². The summed E-state index contributed by atoms with van der Waals surface area (Å²) in [4.78, 5) is 34.8. The Bertz CT molecular complexity index is 1480. The van der Waals surface area contributed by atoms with Crippen LogP contribution in [-0.2, 0) is 4.79 Å². The number of rotatable bonds is 6. The van der Waals surface area contributed by atoms with Crippen molar-refractivity contribution in [3.63, 3.8) is 0 Å². The maximum Gasteiger partial charge on any atom is 0.270 e. The Balaban J connectivity index is 1.24. The van der Waals surface area contributed by atoms with Crippen molar-refractivity contribution in [1.29, 1.82) is 0 Å². The third-order valence-electron chi connectivity index (χ3n) is 4.54. The molecule has 0 aliphatic rings. The molecule has 0 unspecified atom stereocenters. The third kappa shape index (κ3) is 4.00. The maximum absolute atomic E-state index is 12.3. The SMILES string of the molecule is O=C(CSc1nnc2c(n1)[nH]c1ccccc12)Nc1nc(-c2cccc([N+](=O)[O-])c2)cs1. The number of H-pyrrole nitrogens is 1. The van der Waals surface area contributed by atoms with Gasteiger partial charge in [-0.05, 0) is 6.07 Å². The molecule has 0 saturated carbocycles. The summed E-state index contributed by atoms with van der Waals surface area (Å²) in [6.07, 6.45) is 0. The minimum absolute atomic E-state index is 0.0157. The van der Waals surface area contributed by atoms with Crippen LogP contribution in [0.3, 0.4) is 0 Å². The smallest absolute Gasteiger partial charge is 0.270 e. The zero-order chi connectivity index (χ0) is 22.1. The van der Waals surface area contributed by atoms with Gasteiger partial charge in [0, 0.05) is 34.0 Å². The Hall–Kier alpha value is -3.90. The number of fused-ring (bicyclic) bond motifs is 3. The standard InChI is InChI=1S/C20H13N7O3S2/c28-16(23-19-22-15(9-31-19)11-4-3-5-12(8-11)27(29)30)10-32-20-24-18-17(25-26-20)13-6-1-2-7-14(13)21-18/h1-9H,10H2,(H,21,24,26)(H,22,23,28). The number of carbonyl (C=O) groups is 1. The molecular weight excluding hydrogens is 450 g/mol. The number of benzene rings is 2. The third-order valence-corrected chi connectivity index (χ3v) is 6.13. The van der Waals surface area contributed by atoms with Crippen LogP contribution < -0.4 is 5.32 Å². The summed E-state index contributed by atoms with van der Waals surface area (Å²) in [7, 11) is 0. The van der Waals surface area contributed by atoms with E-state index in [2.05, 4.69) is 30.5 Å². The van der Waals surface area contributed by atoms with Crippen LogP contribution in [0.25, 0.3) is 33.3 Å². The van der Waals surface area contributed by atoms with Crippen LogP contribution in [0.4, 0.5) is 10.8 Å². The molecule has 3 heterocycles. The van der Waals surface area contributed by atoms with E-state index in [0.29, 0.717) is 32.7 Å². The van der Waals surface area contributed by atoms with Crippen molar-refractivity contribution >= 4 is 61.9 Å². The number of nitrogens with zero attached hydrogens (tertiary/aromatic N) is 5. The molecule has 10 nitrogen and oxygen atoms in total. The van der Waals surface area contributed by atoms with Crippen molar-refractivity contribution in [2.24, 2.45) is 0 Å². The van der Waals surface area contributed by atoms with Gasteiger partial charge >= 0.3 is 0 Å². The van der Waals surface area contributed by atoms with Crippen molar-refractivity contribution in [1.82, 2.24) is 25.1 Å². The number of para-hydroxylation sites is 1.